The lowest BCUT2D eigenvalue weighted by molar-refractivity contribution is 0.415. The molecule has 0 radical (unpaired) electrons. The van der Waals surface area contributed by atoms with E-state index in [1.165, 1.54) is 0 Å². The first-order valence-electron chi connectivity index (χ1n) is 8.96. The summed E-state index contributed by atoms with van der Waals surface area (Å²) in [6.07, 6.45) is 0. The molecule has 0 spiro atoms. The van der Waals surface area contributed by atoms with E-state index in [-0.39, 0.29) is 0 Å². The summed E-state index contributed by atoms with van der Waals surface area (Å²) in [6, 6.07) is 25.5. The van der Waals surface area contributed by atoms with Crippen LogP contribution in [0.25, 0.3) is 21.9 Å². The lowest BCUT2D eigenvalue weighted by Gasteiger charge is -2.16. The third-order valence-corrected chi connectivity index (χ3v) is 4.68. The summed E-state index contributed by atoms with van der Waals surface area (Å²) < 4.78 is 17.0. The molecule has 4 rings (SSSR count). The molecular formula is C24H21NO3. The summed E-state index contributed by atoms with van der Waals surface area (Å²) in [5.74, 6) is 3.14. The molecule has 0 aliphatic heterocycles. The molecule has 0 bridgehead atoms. The Hall–Kier alpha value is -3.66. The van der Waals surface area contributed by atoms with Crippen molar-refractivity contribution in [2.75, 3.05) is 20.0 Å². The standard InChI is InChI=1S/C24H21NO3/c1-26-19-8-3-16(4-9-19)22-13-5-17-15-21(27-2)12-14-23(17)24(22)28-20-10-6-18(25)7-11-20/h3-15H,25H2,1-2H3. The van der Waals surface area contributed by atoms with Crippen LogP contribution in [0, 0.1) is 0 Å². The molecule has 0 aliphatic rings. The molecule has 4 aromatic carbocycles. The molecule has 2 N–H and O–H groups in total. The number of rotatable bonds is 5. The second kappa shape index (κ2) is 7.53. The normalized spacial score (nSPS) is 10.6. The topological polar surface area (TPSA) is 53.7 Å². The molecule has 4 aromatic rings. The summed E-state index contributed by atoms with van der Waals surface area (Å²) in [4.78, 5) is 0. The first-order chi connectivity index (χ1) is 13.7. The number of anilines is 1. The Kier molecular flexibility index (Phi) is 4.77. The van der Waals surface area contributed by atoms with Crippen LogP contribution < -0.4 is 19.9 Å². The van der Waals surface area contributed by atoms with E-state index in [4.69, 9.17) is 19.9 Å². The fraction of sp³-hybridized carbons (Fsp3) is 0.0833. The molecule has 140 valence electrons. The maximum Gasteiger partial charge on any atom is 0.143 e. The molecule has 4 heteroatoms. The minimum Gasteiger partial charge on any atom is -0.497 e. The maximum absolute atomic E-state index is 6.33. The van der Waals surface area contributed by atoms with Crippen molar-refractivity contribution in [1.82, 2.24) is 0 Å². The van der Waals surface area contributed by atoms with Crippen molar-refractivity contribution in [1.29, 1.82) is 0 Å². The van der Waals surface area contributed by atoms with Gasteiger partial charge in [0, 0.05) is 16.6 Å². The molecule has 0 heterocycles. The summed E-state index contributed by atoms with van der Waals surface area (Å²) >= 11 is 0. The summed E-state index contributed by atoms with van der Waals surface area (Å²) in [5, 5.41) is 2.05. The SMILES string of the molecule is COc1ccc(-c2ccc3cc(OC)ccc3c2Oc2ccc(N)cc2)cc1. The predicted molar refractivity (Wildman–Crippen MR) is 113 cm³/mol. The van der Waals surface area contributed by atoms with Crippen molar-refractivity contribution < 1.29 is 14.2 Å². The van der Waals surface area contributed by atoms with Crippen LogP contribution in [0.4, 0.5) is 5.69 Å². The number of nitrogens with two attached hydrogens (primary N) is 1. The van der Waals surface area contributed by atoms with E-state index < -0.39 is 0 Å². The third-order valence-electron chi connectivity index (χ3n) is 4.68. The second-order valence-electron chi connectivity index (χ2n) is 6.43. The van der Waals surface area contributed by atoms with Crippen molar-refractivity contribution in [3.63, 3.8) is 0 Å². The quantitative estimate of drug-likeness (QED) is 0.444. The van der Waals surface area contributed by atoms with Crippen LogP contribution in [0.5, 0.6) is 23.0 Å². The zero-order valence-corrected chi connectivity index (χ0v) is 15.8. The first-order valence-corrected chi connectivity index (χ1v) is 8.96. The van der Waals surface area contributed by atoms with Crippen molar-refractivity contribution >= 4 is 16.5 Å². The van der Waals surface area contributed by atoms with Gasteiger partial charge in [0.1, 0.15) is 23.0 Å². The summed E-state index contributed by atoms with van der Waals surface area (Å²) in [6.45, 7) is 0. The summed E-state index contributed by atoms with van der Waals surface area (Å²) in [7, 11) is 3.33. The largest absolute Gasteiger partial charge is 0.497 e. The highest BCUT2D eigenvalue weighted by molar-refractivity contribution is 5.96. The lowest BCUT2D eigenvalue weighted by atomic mass is 9.99. The number of methoxy groups -OCH3 is 2. The van der Waals surface area contributed by atoms with E-state index in [1.807, 2.05) is 66.7 Å². The van der Waals surface area contributed by atoms with Gasteiger partial charge in [-0.2, -0.15) is 0 Å². The maximum atomic E-state index is 6.33. The number of fused-ring (bicyclic) bond motifs is 1. The van der Waals surface area contributed by atoms with Gasteiger partial charge in [0.05, 0.1) is 14.2 Å². The molecule has 4 nitrogen and oxygen atoms in total. The first kappa shape index (κ1) is 17.7. The van der Waals surface area contributed by atoms with Crippen LogP contribution in [0.1, 0.15) is 0 Å². The number of nitrogen functional groups attached to an aromatic ring is 1. The van der Waals surface area contributed by atoms with E-state index in [2.05, 4.69) is 12.1 Å². The molecule has 0 unspecified atom stereocenters. The Balaban J connectivity index is 1.88. The summed E-state index contributed by atoms with van der Waals surface area (Å²) in [5.41, 5.74) is 8.55. The van der Waals surface area contributed by atoms with Crippen molar-refractivity contribution in [2.45, 2.75) is 0 Å². The van der Waals surface area contributed by atoms with E-state index in [0.717, 1.165) is 44.9 Å². The Bertz CT molecular complexity index is 1100. The second-order valence-corrected chi connectivity index (χ2v) is 6.43. The number of benzene rings is 4. The van der Waals surface area contributed by atoms with Gasteiger partial charge in [-0.3, -0.25) is 0 Å². The van der Waals surface area contributed by atoms with Gasteiger partial charge >= 0.3 is 0 Å². The van der Waals surface area contributed by atoms with Gasteiger partial charge in [-0.25, -0.2) is 0 Å². The molecule has 0 amide bonds. The van der Waals surface area contributed by atoms with Crippen LogP contribution in [0.15, 0.2) is 78.9 Å². The van der Waals surface area contributed by atoms with Crippen LogP contribution in [-0.2, 0) is 0 Å². The Morgan fingerprint density at radius 1 is 0.643 bits per heavy atom. The number of ether oxygens (including phenoxy) is 3. The smallest absolute Gasteiger partial charge is 0.143 e. The van der Waals surface area contributed by atoms with Gasteiger partial charge in [0.15, 0.2) is 0 Å². The van der Waals surface area contributed by atoms with Crippen LogP contribution in [-0.4, -0.2) is 14.2 Å². The minimum atomic E-state index is 0.699. The van der Waals surface area contributed by atoms with E-state index in [0.29, 0.717) is 5.69 Å². The molecule has 28 heavy (non-hydrogen) atoms. The van der Waals surface area contributed by atoms with Gasteiger partial charge in [0.25, 0.3) is 0 Å². The van der Waals surface area contributed by atoms with Crippen molar-refractivity contribution in [3.05, 3.63) is 78.9 Å². The van der Waals surface area contributed by atoms with Crippen LogP contribution in [0.3, 0.4) is 0 Å². The van der Waals surface area contributed by atoms with Crippen LogP contribution >= 0.6 is 0 Å². The highest BCUT2D eigenvalue weighted by Gasteiger charge is 2.13. The number of hydrogen-bond donors (Lipinski definition) is 1. The van der Waals surface area contributed by atoms with Gasteiger partial charge < -0.3 is 19.9 Å². The molecule has 0 atom stereocenters. The van der Waals surface area contributed by atoms with E-state index >= 15 is 0 Å². The van der Waals surface area contributed by atoms with E-state index in [9.17, 15) is 0 Å². The fourth-order valence-corrected chi connectivity index (χ4v) is 3.17. The van der Waals surface area contributed by atoms with Crippen LogP contribution in [0.2, 0.25) is 0 Å². The Labute approximate surface area is 164 Å². The van der Waals surface area contributed by atoms with Crippen molar-refractivity contribution in [3.8, 4) is 34.1 Å². The fourth-order valence-electron chi connectivity index (χ4n) is 3.17. The molecule has 0 saturated heterocycles. The minimum absolute atomic E-state index is 0.699. The van der Waals surface area contributed by atoms with Gasteiger partial charge in [-0.1, -0.05) is 18.2 Å². The van der Waals surface area contributed by atoms with Gasteiger partial charge in [-0.05, 0) is 71.6 Å². The van der Waals surface area contributed by atoms with Crippen molar-refractivity contribution in [2.24, 2.45) is 0 Å². The number of hydrogen-bond acceptors (Lipinski definition) is 4. The molecular weight excluding hydrogens is 350 g/mol. The Morgan fingerprint density at radius 2 is 1.29 bits per heavy atom. The average molecular weight is 371 g/mol. The highest BCUT2D eigenvalue weighted by atomic mass is 16.5. The molecule has 0 aliphatic carbocycles. The molecule has 0 fully saturated rings. The predicted octanol–water partition coefficient (Wildman–Crippen LogP) is 5.90. The Morgan fingerprint density at radius 3 is 1.96 bits per heavy atom. The lowest BCUT2D eigenvalue weighted by Crippen LogP contribution is -1.92. The molecule has 0 saturated carbocycles. The third kappa shape index (κ3) is 3.45. The zero-order valence-electron chi connectivity index (χ0n) is 15.8. The van der Waals surface area contributed by atoms with Gasteiger partial charge in [0.2, 0.25) is 0 Å². The zero-order chi connectivity index (χ0) is 19.5. The van der Waals surface area contributed by atoms with E-state index in [1.54, 1.807) is 14.2 Å². The average Bonchev–Trinajstić information content (AvgIpc) is 2.75. The molecule has 0 aromatic heterocycles. The highest BCUT2D eigenvalue weighted by Crippen LogP contribution is 2.41. The van der Waals surface area contributed by atoms with Gasteiger partial charge in [-0.15, -0.1) is 0 Å². The monoisotopic (exact) mass is 371 g/mol.